The highest BCUT2D eigenvalue weighted by Gasteiger charge is 2.21. The number of nitrogen functional groups attached to an aromatic ring is 1. The minimum absolute atomic E-state index is 0.170. The molecule has 3 rings (SSSR count). The van der Waals surface area contributed by atoms with Crippen molar-refractivity contribution < 1.29 is 4.79 Å². The number of aromatic amines is 1. The maximum absolute atomic E-state index is 12.6. The number of carbonyl (C=O) groups is 1. The van der Waals surface area contributed by atoms with Crippen molar-refractivity contribution in [2.24, 2.45) is 0 Å². The average molecular weight is 379 g/mol. The molecule has 1 amide bonds. The van der Waals surface area contributed by atoms with Crippen LogP contribution in [0.3, 0.4) is 0 Å². The summed E-state index contributed by atoms with van der Waals surface area (Å²) in [6, 6.07) is 5.60. The van der Waals surface area contributed by atoms with Crippen molar-refractivity contribution in [1.29, 1.82) is 0 Å². The monoisotopic (exact) mass is 378 g/mol. The van der Waals surface area contributed by atoms with Crippen LogP contribution in [-0.2, 0) is 0 Å². The number of amides is 1. The zero-order chi connectivity index (χ0) is 19.8. The van der Waals surface area contributed by atoms with E-state index < -0.39 is 8.07 Å². The molecule has 0 saturated carbocycles. The van der Waals surface area contributed by atoms with Gasteiger partial charge in [-0.15, -0.1) is 5.54 Å². The topological polar surface area (TPSA) is 101 Å². The van der Waals surface area contributed by atoms with Gasteiger partial charge < -0.3 is 10.6 Å². The number of carbonyl (C=O) groups excluding carboxylic acids is 1. The fraction of sp³-hybridized carbons (Fsp3) is 0.263. The fourth-order valence-electron chi connectivity index (χ4n) is 2.58. The number of nitrogens with one attached hydrogen (secondary N) is 1. The summed E-state index contributed by atoms with van der Waals surface area (Å²) in [6.45, 7) is 6.57. The minimum atomic E-state index is -1.53. The van der Waals surface area contributed by atoms with E-state index in [4.69, 9.17) is 5.73 Å². The molecule has 3 aromatic rings. The van der Waals surface area contributed by atoms with Gasteiger partial charge in [0, 0.05) is 36.8 Å². The van der Waals surface area contributed by atoms with Crippen LogP contribution in [-0.4, -0.2) is 53.1 Å². The van der Waals surface area contributed by atoms with E-state index in [-0.39, 0.29) is 11.9 Å². The van der Waals surface area contributed by atoms with Crippen molar-refractivity contribution in [3.63, 3.8) is 0 Å². The van der Waals surface area contributed by atoms with Crippen molar-refractivity contribution >= 4 is 30.8 Å². The Morgan fingerprint density at radius 3 is 2.63 bits per heavy atom. The molecule has 3 N–H and O–H groups in total. The summed E-state index contributed by atoms with van der Waals surface area (Å²) in [5.74, 6) is 3.24. The van der Waals surface area contributed by atoms with Gasteiger partial charge in [0.25, 0.3) is 5.91 Å². The molecular formula is C19H22N6OSi. The van der Waals surface area contributed by atoms with E-state index in [0.29, 0.717) is 16.8 Å². The molecule has 27 heavy (non-hydrogen) atoms. The maximum atomic E-state index is 12.6. The van der Waals surface area contributed by atoms with Crippen molar-refractivity contribution in [3.8, 4) is 22.7 Å². The molecule has 0 atom stereocenters. The molecule has 2 aromatic heterocycles. The first kappa shape index (κ1) is 18.6. The van der Waals surface area contributed by atoms with Crippen LogP contribution < -0.4 is 5.73 Å². The smallest absolute Gasteiger partial charge is 0.274 e. The molecule has 0 aliphatic heterocycles. The van der Waals surface area contributed by atoms with Gasteiger partial charge in [0.1, 0.15) is 8.07 Å². The number of nitrogens with zero attached hydrogens (tertiary/aromatic N) is 4. The van der Waals surface area contributed by atoms with Gasteiger partial charge >= 0.3 is 0 Å². The lowest BCUT2D eigenvalue weighted by Gasteiger charge is -2.10. The number of fused-ring (bicyclic) bond motifs is 1. The Hall–Kier alpha value is -3.18. The first-order valence-electron chi connectivity index (χ1n) is 8.51. The number of aromatic nitrogens is 4. The molecule has 0 fully saturated rings. The van der Waals surface area contributed by atoms with Crippen molar-refractivity contribution in [2.45, 2.75) is 19.6 Å². The molecule has 0 radical (unpaired) electrons. The molecule has 2 heterocycles. The van der Waals surface area contributed by atoms with Gasteiger partial charge in [-0.2, -0.15) is 5.10 Å². The van der Waals surface area contributed by atoms with Crippen LogP contribution >= 0.6 is 0 Å². The summed E-state index contributed by atoms with van der Waals surface area (Å²) in [7, 11) is 1.85. The van der Waals surface area contributed by atoms with Gasteiger partial charge in [-0.1, -0.05) is 25.6 Å². The minimum Gasteiger partial charge on any atom is -0.368 e. The van der Waals surface area contributed by atoms with Gasteiger partial charge in [0.2, 0.25) is 5.95 Å². The van der Waals surface area contributed by atoms with Crippen LogP contribution in [0, 0.1) is 11.5 Å². The summed E-state index contributed by atoms with van der Waals surface area (Å²) < 4.78 is 0. The van der Waals surface area contributed by atoms with E-state index in [0.717, 1.165) is 16.6 Å². The van der Waals surface area contributed by atoms with Gasteiger partial charge in [-0.05, 0) is 18.2 Å². The van der Waals surface area contributed by atoms with Gasteiger partial charge in [-0.25, -0.2) is 9.97 Å². The molecular weight excluding hydrogens is 356 g/mol. The molecule has 8 heteroatoms. The highest BCUT2D eigenvalue weighted by Crippen LogP contribution is 2.31. The van der Waals surface area contributed by atoms with E-state index in [2.05, 4.69) is 51.3 Å². The van der Waals surface area contributed by atoms with Crippen LogP contribution in [0.5, 0.6) is 0 Å². The largest absolute Gasteiger partial charge is 0.368 e. The van der Waals surface area contributed by atoms with Gasteiger partial charge in [0.15, 0.2) is 5.69 Å². The number of hydrogen-bond donors (Lipinski definition) is 2. The van der Waals surface area contributed by atoms with E-state index >= 15 is 0 Å². The average Bonchev–Trinajstić information content (AvgIpc) is 3.01. The predicted molar refractivity (Wildman–Crippen MR) is 110 cm³/mol. The fourth-order valence-corrected chi connectivity index (χ4v) is 3.10. The first-order valence-corrected chi connectivity index (χ1v) is 12.0. The summed E-state index contributed by atoms with van der Waals surface area (Å²) >= 11 is 0. The quantitative estimate of drug-likeness (QED) is 0.527. The highest BCUT2D eigenvalue weighted by atomic mass is 28.3. The molecule has 7 nitrogen and oxygen atoms in total. The highest BCUT2D eigenvalue weighted by molar-refractivity contribution is 6.83. The second-order valence-corrected chi connectivity index (χ2v) is 12.3. The summed E-state index contributed by atoms with van der Waals surface area (Å²) in [5.41, 5.74) is 12.4. The van der Waals surface area contributed by atoms with Crippen LogP contribution in [0.1, 0.15) is 16.1 Å². The van der Waals surface area contributed by atoms with E-state index in [1.54, 1.807) is 26.4 Å². The number of rotatable bonds is 2. The number of anilines is 1. The Bertz CT molecular complexity index is 1080. The summed E-state index contributed by atoms with van der Waals surface area (Å²) in [5, 5.41) is 7.90. The molecule has 0 bridgehead atoms. The summed E-state index contributed by atoms with van der Waals surface area (Å²) in [4.78, 5) is 22.4. The Labute approximate surface area is 159 Å². The van der Waals surface area contributed by atoms with Gasteiger partial charge in [-0.3, -0.25) is 9.89 Å². The molecule has 0 spiro atoms. The zero-order valence-electron chi connectivity index (χ0n) is 16.1. The lowest BCUT2D eigenvalue weighted by Crippen LogP contribution is -2.22. The maximum Gasteiger partial charge on any atom is 0.274 e. The number of benzene rings is 1. The van der Waals surface area contributed by atoms with Crippen LogP contribution in [0.15, 0.2) is 24.4 Å². The normalized spacial score (nSPS) is 11.1. The Morgan fingerprint density at radius 1 is 1.26 bits per heavy atom. The number of hydrogen-bond acceptors (Lipinski definition) is 5. The number of H-pyrrole nitrogens is 1. The lowest BCUT2D eigenvalue weighted by atomic mass is 10.0. The van der Waals surface area contributed by atoms with E-state index in [1.165, 1.54) is 4.90 Å². The molecule has 0 saturated heterocycles. The van der Waals surface area contributed by atoms with Crippen molar-refractivity contribution in [1.82, 2.24) is 25.1 Å². The lowest BCUT2D eigenvalue weighted by molar-refractivity contribution is 0.0824. The first-order chi connectivity index (χ1) is 12.7. The molecule has 0 aliphatic carbocycles. The Kier molecular flexibility index (Phi) is 4.72. The van der Waals surface area contributed by atoms with Gasteiger partial charge in [0.05, 0.1) is 11.2 Å². The third kappa shape index (κ3) is 3.98. The second-order valence-electron chi connectivity index (χ2n) is 7.52. The standard InChI is InChI=1S/C19H22N6OSi/c1-25(2)18(26)17-16-13(14-6-8-21-19(20)22-14)10-12(7-9-27(3,4)5)11-15(16)23-24-17/h6,8,10-11H,1-5H3,(H,23,24)(H2,20,21,22). The number of nitrogens with two attached hydrogens (primary N) is 1. The second kappa shape index (κ2) is 6.85. The SMILES string of the molecule is CN(C)C(=O)c1n[nH]c2cc(C#C[Si](C)(C)C)cc(-c3ccnc(N)n3)c12. The molecule has 0 aliphatic rings. The van der Waals surface area contributed by atoms with E-state index in [1.807, 2.05) is 12.1 Å². The van der Waals surface area contributed by atoms with Crippen LogP contribution in [0.4, 0.5) is 5.95 Å². The third-order valence-corrected chi connectivity index (χ3v) is 4.68. The Morgan fingerprint density at radius 2 is 2.00 bits per heavy atom. The van der Waals surface area contributed by atoms with Crippen molar-refractivity contribution in [3.05, 3.63) is 35.7 Å². The molecule has 138 valence electrons. The van der Waals surface area contributed by atoms with Crippen LogP contribution in [0.2, 0.25) is 19.6 Å². The zero-order valence-corrected chi connectivity index (χ0v) is 17.1. The third-order valence-electron chi connectivity index (χ3n) is 3.80. The summed E-state index contributed by atoms with van der Waals surface area (Å²) in [6.07, 6.45) is 1.59. The molecule has 1 aromatic carbocycles. The van der Waals surface area contributed by atoms with E-state index in [9.17, 15) is 4.79 Å². The predicted octanol–water partition coefficient (Wildman–Crippen LogP) is 2.53. The molecule has 0 unspecified atom stereocenters. The van der Waals surface area contributed by atoms with Crippen molar-refractivity contribution in [2.75, 3.05) is 19.8 Å². The van der Waals surface area contributed by atoms with Crippen LogP contribution in [0.25, 0.3) is 22.2 Å². The Balaban J connectivity index is 2.31.